The van der Waals surface area contributed by atoms with E-state index >= 15 is 0 Å². The first-order valence-corrected chi connectivity index (χ1v) is 7.55. The third kappa shape index (κ3) is 2.45. The van der Waals surface area contributed by atoms with E-state index in [-0.39, 0.29) is 18.0 Å². The van der Waals surface area contributed by atoms with Crippen molar-refractivity contribution in [2.24, 2.45) is 5.73 Å². The van der Waals surface area contributed by atoms with Gasteiger partial charge in [-0.2, -0.15) is 0 Å². The molecule has 0 spiro atoms. The van der Waals surface area contributed by atoms with E-state index in [4.69, 9.17) is 5.73 Å². The molecule has 0 unspecified atom stereocenters. The van der Waals surface area contributed by atoms with Gasteiger partial charge in [-0.05, 0) is 37.3 Å². The Bertz CT molecular complexity index is 477. The number of fused-ring (bicyclic) bond motifs is 1. The maximum Gasteiger partial charge on any atom is 0.237 e. The molecule has 1 aliphatic carbocycles. The number of amides is 1. The van der Waals surface area contributed by atoms with E-state index in [2.05, 4.69) is 34.5 Å². The number of nitrogens with one attached hydrogen (secondary N) is 1. The summed E-state index contributed by atoms with van der Waals surface area (Å²) in [5.74, 6) is 0.136. The molecule has 1 saturated heterocycles. The summed E-state index contributed by atoms with van der Waals surface area (Å²) in [6, 6.07) is 9.08. The van der Waals surface area contributed by atoms with Crippen molar-refractivity contribution in [1.29, 1.82) is 0 Å². The molecule has 1 aromatic carbocycles. The Labute approximate surface area is 120 Å². The number of nitrogens with zero attached hydrogens (tertiary/aromatic N) is 1. The van der Waals surface area contributed by atoms with Gasteiger partial charge in [0.25, 0.3) is 0 Å². The van der Waals surface area contributed by atoms with E-state index in [0.717, 1.165) is 25.8 Å². The summed E-state index contributed by atoms with van der Waals surface area (Å²) in [6.07, 6.45) is 2.86. The van der Waals surface area contributed by atoms with Gasteiger partial charge in [-0.25, -0.2) is 0 Å². The fourth-order valence-electron chi connectivity index (χ4n) is 3.62. The molecule has 108 valence electrons. The Morgan fingerprint density at radius 1 is 1.35 bits per heavy atom. The number of likely N-dealkylation sites (N-methyl/N-ethyl adjacent to an activating group) is 1. The van der Waals surface area contributed by atoms with Crippen LogP contribution in [-0.4, -0.2) is 42.0 Å². The van der Waals surface area contributed by atoms with Gasteiger partial charge in [0.1, 0.15) is 0 Å². The van der Waals surface area contributed by atoms with Gasteiger partial charge in [0.15, 0.2) is 0 Å². The zero-order chi connectivity index (χ0) is 14.1. The smallest absolute Gasteiger partial charge is 0.237 e. The summed E-state index contributed by atoms with van der Waals surface area (Å²) in [5, 5.41) is 2.95. The van der Waals surface area contributed by atoms with Crippen LogP contribution in [0.1, 0.15) is 24.5 Å². The number of nitrogens with two attached hydrogens (primary N) is 1. The number of carbonyl (C=O) groups is 1. The van der Waals surface area contributed by atoms with Crippen molar-refractivity contribution < 1.29 is 4.79 Å². The van der Waals surface area contributed by atoms with E-state index in [1.165, 1.54) is 11.1 Å². The third-order valence-corrected chi connectivity index (χ3v) is 4.52. The van der Waals surface area contributed by atoms with Gasteiger partial charge in [-0.15, -0.1) is 0 Å². The number of rotatable bonds is 3. The highest BCUT2D eigenvalue weighted by Crippen LogP contribution is 2.30. The maximum atomic E-state index is 12.2. The molecule has 1 aliphatic heterocycles. The van der Waals surface area contributed by atoms with Gasteiger partial charge >= 0.3 is 0 Å². The lowest BCUT2D eigenvalue weighted by atomic mass is 10.1. The lowest BCUT2D eigenvalue weighted by Crippen LogP contribution is -2.48. The summed E-state index contributed by atoms with van der Waals surface area (Å²) < 4.78 is 0. The van der Waals surface area contributed by atoms with E-state index in [9.17, 15) is 4.79 Å². The highest BCUT2D eigenvalue weighted by molar-refractivity contribution is 5.82. The fourth-order valence-corrected chi connectivity index (χ4v) is 3.62. The Hall–Kier alpha value is -1.39. The molecule has 4 nitrogen and oxygen atoms in total. The van der Waals surface area contributed by atoms with Crippen molar-refractivity contribution in [1.82, 2.24) is 10.2 Å². The van der Waals surface area contributed by atoms with Crippen LogP contribution in [0.15, 0.2) is 24.3 Å². The molecule has 1 aromatic rings. The molecule has 1 heterocycles. The van der Waals surface area contributed by atoms with Gasteiger partial charge in [-0.1, -0.05) is 24.3 Å². The zero-order valence-electron chi connectivity index (χ0n) is 12.0. The molecule has 3 N–H and O–H groups in total. The third-order valence-electron chi connectivity index (χ3n) is 4.52. The van der Waals surface area contributed by atoms with Crippen molar-refractivity contribution in [2.75, 3.05) is 13.1 Å². The van der Waals surface area contributed by atoms with Gasteiger partial charge < -0.3 is 11.1 Å². The van der Waals surface area contributed by atoms with E-state index < -0.39 is 0 Å². The lowest BCUT2D eigenvalue weighted by molar-refractivity contribution is -0.126. The average Bonchev–Trinajstić information content (AvgIpc) is 3.01. The minimum absolute atomic E-state index is 0.0516. The van der Waals surface area contributed by atoms with E-state index in [1.807, 2.05) is 6.92 Å². The number of benzene rings is 1. The average molecular weight is 273 g/mol. The van der Waals surface area contributed by atoms with Crippen LogP contribution >= 0.6 is 0 Å². The summed E-state index contributed by atoms with van der Waals surface area (Å²) in [7, 11) is 0. The molecule has 1 amide bonds. The van der Waals surface area contributed by atoms with Gasteiger partial charge in [0.05, 0.1) is 6.04 Å². The largest absolute Gasteiger partial charge is 0.355 e. The number of carbonyl (C=O) groups excluding carboxylic acids is 1. The molecule has 3 rings (SSSR count). The second-order valence-electron chi connectivity index (χ2n) is 5.93. The van der Waals surface area contributed by atoms with Crippen molar-refractivity contribution >= 4 is 5.91 Å². The molecular weight excluding hydrogens is 250 g/mol. The predicted molar refractivity (Wildman–Crippen MR) is 79.4 cm³/mol. The highest BCUT2D eigenvalue weighted by Gasteiger charge is 2.40. The monoisotopic (exact) mass is 273 g/mol. The van der Waals surface area contributed by atoms with Crippen LogP contribution in [0, 0.1) is 0 Å². The first kappa shape index (κ1) is 13.6. The molecule has 0 aromatic heterocycles. The van der Waals surface area contributed by atoms with Crippen LogP contribution in [0.3, 0.4) is 0 Å². The first-order valence-electron chi connectivity index (χ1n) is 7.55. The van der Waals surface area contributed by atoms with Crippen molar-refractivity contribution in [2.45, 2.75) is 44.3 Å². The molecule has 20 heavy (non-hydrogen) atoms. The van der Waals surface area contributed by atoms with Crippen molar-refractivity contribution in [3.8, 4) is 0 Å². The number of hydrogen-bond donors (Lipinski definition) is 2. The van der Waals surface area contributed by atoms with Crippen LogP contribution in [0.4, 0.5) is 0 Å². The zero-order valence-corrected chi connectivity index (χ0v) is 12.0. The molecule has 2 aliphatic rings. The molecular formula is C16H23N3O. The summed E-state index contributed by atoms with van der Waals surface area (Å²) >= 11 is 0. The van der Waals surface area contributed by atoms with Gasteiger partial charge in [-0.3, -0.25) is 9.69 Å². The minimum Gasteiger partial charge on any atom is -0.355 e. The molecule has 0 bridgehead atoms. The lowest BCUT2D eigenvalue weighted by Gasteiger charge is -2.29. The second kappa shape index (κ2) is 5.54. The standard InChI is InChI=1S/C16H23N3O/c1-2-18-16(20)15-9-13(17)10-19(15)14-7-11-5-3-4-6-12(11)8-14/h3-6,13-15H,2,7-10,17H2,1H3,(H,18,20)/t13-,15+/m1/s1. The molecule has 4 heteroatoms. The van der Waals surface area contributed by atoms with E-state index in [1.54, 1.807) is 0 Å². The molecule has 2 atom stereocenters. The molecule has 0 radical (unpaired) electrons. The molecule has 1 fully saturated rings. The Balaban J connectivity index is 1.75. The Morgan fingerprint density at radius 2 is 2.00 bits per heavy atom. The predicted octanol–water partition coefficient (Wildman–Crippen LogP) is 0.692. The quantitative estimate of drug-likeness (QED) is 0.852. The van der Waals surface area contributed by atoms with Crippen molar-refractivity contribution in [3.05, 3.63) is 35.4 Å². The Kier molecular flexibility index (Phi) is 3.76. The maximum absolute atomic E-state index is 12.2. The number of likely N-dealkylation sites (tertiary alicyclic amines) is 1. The fraction of sp³-hybridized carbons (Fsp3) is 0.562. The van der Waals surface area contributed by atoms with Crippen LogP contribution < -0.4 is 11.1 Å². The Morgan fingerprint density at radius 3 is 2.60 bits per heavy atom. The topological polar surface area (TPSA) is 58.4 Å². The summed E-state index contributed by atoms with van der Waals surface area (Å²) in [6.45, 7) is 3.48. The summed E-state index contributed by atoms with van der Waals surface area (Å²) in [5.41, 5.74) is 8.95. The van der Waals surface area contributed by atoms with Crippen molar-refractivity contribution in [3.63, 3.8) is 0 Å². The summed E-state index contributed by atoms with van der Waals surface area (Å²) in [4.78, 5) is 14.6. The van der Waals surface area contributed by atoms with Crippen LogP contribution in [0.5, 0.6) is 0 Å². The second-order valence-corrected chi connectivity index (χ2v) is 5.93. The van der Waals surface area contributed by atoms with Gasteiger partial charge in [0.2, 0.25) is 5.91 Å². The van der Waals surface area contributed by atoms with Crippen LogP contribution in [-0.2, 0) is 17.6 Å². The van der Waals surface area contributed by atoms with Crippen LogP contribution in [0.2, 0.25) is 0 Å². The normalized spacial score (nSPS) is 26.7. The first-order chi connectivity index (χ1) is 9.69. The minimum atomic E-state index is -0.0516. The van der Waals surface area contributed by atoms with Crippen LogP contribution in [0.25, 0.3) is 0 Å². The highest BCUT2D eigenvalue weighted by atomic mass is 16.2. The van der Waals surface area contributed by atoms with E-state index in [0.29, 0.717) is 12.6 Å². The number of hydrogen-bond acceptors (Lipinski definition) is 3. The molecule has 0 saturated carbocycles. The van der Waals surface area contributed by atoms with Gasteiger partial charge in [0, 0.05) is 25.2 Å². The SMILES string of the molecule is CCNC(=O)[C@@H]1C[C@@H](N)CN1C1Cc2ccccc2C1.